The molecule has 0 aromatic carbocycles. The van der Waals surface area contributed by atoms with E-state index in [-0.39, 0.29) is 6.54 Å². The molecule has 0 rings (SSSR count). The molecule has 0 atom stereocenters. The van der Waals surface area contributed by atoms with Gasteiger partial charge in [0.25, 0.3) is 0 Å². The van der Waals surface area contributed by atoms with Gasteiger partial charge in [0.2, 0.25) is 5.91 Å². The van der Waals surface area contributed by atoms with E-state index in [9.17, 15) is 18.0 Å². The Labute approximate surface area is 98.1 Å². The first-order valence-corrected chi connectivity index (χ1v) is 4.98. The Morgan fingerprint density at radius 2 is 2.06 bits per heavy atom. The maximum atomic E-state index is 12.3. The van der Waals surface area contributed by atoms with Crippen LogP contribution in [0.5, 0.6) is 0 Å². The Morgan fingerprint density at radius 3 is 2.53 bits per heavy atom. The average Bonchev–Trinajstić information content (AvgIpc) is 2.23. The Balaban J connectivity index is 4.34. The molecule has 0 aliphatic rings. The van der Waals surface area contributed by atoms with Gasteiger partial charge in [0.15, 0.2) is 0 Å². The highest BCUT2D eigenvalue weighted by molar-refractivity contribution is 5.79. The lowest BCUT2D eigenvalue weighted by atomic mass is 10.2. The molecule has 0 bridgehead atoms. The third-order valence-corrected chi connectivity index (χ3v) is 1.67. The van der Waals surface area contributed by atoms with Gasteiger partial charge in [-0.05, 0) is 12.6 Å². The summed E-state index contributed by atoms with van der Waals surface area (Å²) >= 11 is 0. The van der Waals surface area contributed by atoms with Crippen molar-refractivity contribution < 1.29 is 18.0 Å². The van der Waals surface area contributed by atoms with Crippen molar-refractivity contribution in [2.24, 2.45) is 0 Å². The van der Waals surface area contributed by atoms with Crippen LogP contribution in [-0.2, 0) is 4.79 Å². The third kappa shape index (κ3) is 7.35. The topological polar surface area (TPSA) is 41.1 Å². The standard InChI is InChI=1S/C11H15F3N2O/c1-3-5-9(11(12,13)14)6-7-16-10(17)8-15-4-2/h3,5-7,15H,1,4,8H2,2H3,(H,16,17)/b7-6+,9-5+. The van der Waals surface area contributed by atoms with Gasteiger partial charge in [-0.2, -0.15) is 13.2 Å². The SMILES string of the molecule is C=C/C=C(\C=C\NC(=O)CNCC)C(F)(F)F. The van der Waals surface area contributed by atoms with E-state index in [2.05, 4.69) is 17.2 Å². The van der Waals surface area contributed by atoms with Crippen molar-refractivity contribution in [3.05, 3.63) is 36.6 Å². The molecule has 17 heavy (non-hydrogen) atoms. The highest BCUT2D eigenvalue weighted by Gasteiger charge is 2.31. The summed E-state index contributed by atoms with van der Waals surface area (Å²) < 4.78 is 37.0. The van der Waals surface area contributed by atoms with E-state index in [1.54, 1.807) is 0 Å². The first kappa shape index (κ1) is 15.4. The van der Waals surface area contributed by atoms with E-state index in [4.69, 9.17) is 0 Å². The molecule has 0 fully saturated rings. The second-order valence-electron chi connectivity index (χ2n) is 3.04. The van der Waals surface area contributed by atoms with Gasteiger partial charge >= 0.3 is 6.18 Å². The summed E-state index contributed by atoms with van der Waals surface area (Å²) in [6.45, 7) is 5.68. The number of likely N-dealkylation sites (N-methyl/N-ethyl adjacent to an activating group) is 1. The fourth-order valence-corrected chi connectivity index (χ4v) is 0.885. The van der Waals surface area contributed by atoms with E-state index >= 15 is 0 Å². The van der Waals surface area contributed by atoms with Crippen molar-refractivity contribution in [3.63, 3.8) is 0 Å². The monoisotopic (exact) mass is 248 g/mol. The quantitative estimate of drug-likeness (QED) is 0.705. The second kappa shape index (κ2) is 7.67. The van der Waals surface area contributed by atoms with Crippen LogP contribution in [0, 0.1) is 0 Å². The molecule has 0 saturated heterocycles. The Kier molecular flexibility index (Phi) is 6.97. The molecule has 0 heterocycles. The predicted molar refractivity (Wildman–Crippen MR) is 60.2 cm³/mol. The number of nitrogens with one attached hydrogen (secondary N) is 2. The van der Waals surface area contributed by atoms with Gasteiger partial charge < -0.3 is 10.6 Å². The number of carbonyl (C=O) groups excluding carboxylic acids is 1. The van der Waals surface area contributed by atoms with Gasteiger partial charge in [0, 0.05) is 6.20 Å². The average molecular weight is 248 g/mol. The van der Waals surface area contributed by atoms with E-state index in [1.165, 1.54) is 0 Å². The van der Waals surface area contributed by atoms with Crippen LogP contribution in [0.3, 0.4) is 0 Å². The minimum atomic E-state index is -4.46. The minimum Gasteiger partial charge on any atom is -0.332 e. The van der Waals surface area contributed by atoms with E-state index in [1.807, 2.05) is 6.92 Å². The number of hydrogen-bond acceptors (Lipinski definition) is 2. The molecule has 0 aliphatic heterocycles. The smallest absolute Gasteiger partial charge is 0.332 e. The lowest BCUT2D eigenvalue weighted by molar-refractivity contribution is -0.119. The van der Waals surface area contributed by atoms with Crippen LogP contribution >= 0.6 is 0 Å². The summed E-state index contributed by atoms with van der Waals surface area (Å²) in [5, 5.41) is 4.96. The van der Waals surface area contributed by atoms with Gasteiger partial charge in [-0.25, -0.2) is 0 Å². The molecule has 1 amide bonds. The molecule has 96 valence electrons. The Hall–Kier alpha value is -1.56. The van der Waals surface area contributed by atoms with Crippen molar-refractivity contribution in [3.8, 4) is 0 Å². The fraction of sp³-hybridized carbons (Fsp3) is 0.364. The van der Waals surface area contributed by atoms with Crippen molar-refractivity contribution in [2.75, 3.05) is 13.1 Å². The minimum absolute atomic E-state index is 0.0629. The zero-order chi connectivity index (χ0) is 13.3. The van der Waals surface area contributed by atoms with Gasteiger partial charge in [-0.3, -0.25) is 4.79 Å². The van der Waals surface area contributed by atoms with Gasteiger partial charge in [0.1, 0.15) is 0 Å². The van der Waals surface area contributed by atoms with Crippen LogP contribution < -0.4 is 10.6 Å². The number of halogens is 3. The van der Waals surface area contributed by atoms with Gasteiger partial charge in [0.05, 0.1) is 12.1 Å². The van der Waals surface area contributed by atoms with E-state index in [0.29, 0.717) is 6.54 Å². The first-order valence-electron chi connectivity index (χ1n) is 4.98. The normalized spacial score (nSPS) is 12.8. The zero-order valence-electron chi connectivity index (χ0n) is 9.47. The number of allylic oxidation sites excluding steroid dienone is 4. The lowest BCUT2D eigenvalue weighted by Crippen LogP contribution is -2.30. The third-order valence-electron chi connectivity index (χ3n) is 1.67. The predicted octanol–water partition coefficient (Wildman–Crippen LogP) is 1.90. The molecule has 0 aliphatic carbocycles. The highest BCUT2D eigenvalue weighted by atomic mass is 19.4. The van der Waals surface area contributed by atoms with Crippen LogP contribution in [0.25, 0.3) is 0 Å². The second-order valence-corrected chi connectivity index (χ2v) is 3.04. The summed E-state index contributed by atoms with van der Waals surface area (Å²) in [5.74, 6) is -0.400. The molecule has 3 nitrogen and oxygen atoms in total. The zero-order valence-corrected chi connectivity index (χ0v) is 9.47. The molecule has 6 heteroatoms. The first-order chi connectivity index (χ1) is 7.91. The fourth-order valence-electron chi connectivity index (χ4n) is 0.885. The molecule has 0 spiro atoms. The number of amides is 1. The molecular formula is C11H15F3N2O. The maximum absolute atomic E-state index is 12.3. The van der Waals surface area contributed by atoms with Crippen LogP contribution in [-0.4, -0.2) is 25.2 Å². The molecule has 0 aromatic heterocycles. The van der Waals surface area contributed by atoms with Crippen molar-refractivity contribution in [1.82, 2.24) is 10.6 Å². The molecule has 0 saturated carbocycles. The number of carbonyl (C=O) groups is 1. The Bertz CT molecular complexity index is 319. The molecule has 0 unspecified atom stereocenters. The van der Waals surface area contributed by atoms with Gasteiger partial charge in [-0.1, -0.05) is 25.7 Å². The summed E-state index contributed by atoms with van der Waals surface area (Å²) in [7, 11) is 0. The number of alkyl halides is 3. The highest BCUT2D eigenvalue weighted by Crippen LogP contribution is 2.26. The Morgan fingerprint density at radius 1 is 1.41 bits per heavy atom. The van der Waals surface area contributed by atoms with Crippen LogP contribution in [0.1, 0.15) is 6.92 Å². The van der Waals surface area contributed by atoms with E-state index < -0.39 is 17.7 Å². The number of rotatable bonds is 6. The molecule has 2 N–H and O–H groups in total. The summed E-state index contributed by atoms with van der Waals surface area (Å²) in [6.07, 6.45) is -0.855. The van der Waals surface area contributed by atoms with E-state index in [0.717, 1.165) is 24.4 Å². The molecule has 0 radical (unpaired) electrons. The van der Waals surface area contributed by atoms with Crippen LogP contribution in [0.2, 0.25) is 0 Å². The largest absolute Gasteiger partial charge is 0.416 e. The maximum Gasteiger partial charge on any atom is 0.416 e. The van der Waals surface area contributed by atoms with Crippen molar-refractivity contribution in [2.45, 2.75) is 13.1 Å². The summed E-state index contributed by atoms with van der Waals surface area (Å²) in [5.41, 5.74) is -0.878. The lowest BCUT2D eigenvalue weighted by Gasteiger charge is -2.06. The summed E-state index contributed by atoms with van der Waals surface area (Å²) in [6, 6.07) is 0. The van der Waals surface area contributed by atoms with Crippen molar-refractivity contribution >= 4 is 5.91 Å². The molecular weight excluding hydrogens is 233 g/mol. The number of hydrogen-bond donors (Lipinski definition) is 2. The van der Waals surface area contributed by atoms with Gasteiger partial charge in [-0.15, -0.1) is 0 Å². The van der Waals surface area contributed by atoms with Crippen LogP contribution in [0.15, 0.2) is 36.6 Å². The van der Waals surface area contributed by atoms with Crippen LogP contribution in [0.4, 0.5) is 13.2 Å². The summed E-state index contributed by atoms with van der Waals surface area (Å²) in [4.78, 5) is 11.0. The van der Waals surface area contributed by atoms with Crippen molar-refractivity contribution in [1.29, 1.82) is 0 Å². The molecule has 0 aromatic rings.